The van der Waals surface area contributed by atoms with Crippen LogP contribution in [0, 0.1) is 0 Å². The number of halogens is 10. The van der Waals surface area contributed by atoms with Gasteiger partial charge >= 0.3 is 29.6 Å². The van der Waals surface area contributed by atoms with Crippen molar-refractivity contribution in [1.29, 1.82) is 0 Å². The van der Waals surface area contributed by atoms with E-state index in [2.05, 4.69) is 109 Å². The summed E-state index contributed by atoms with van der Waals surface area (Å²) in [6.45, 7) is 0. The Kier molecular flexibility index (Phi) is 45.7. The molecule has 23 nitrogen and oxygen atoms in total. The second kappa shape index (κ2) is 48.4. The van der Waals surface area contributed by atoms with Crippen molar-refractivity contribution in [1.82, 2.24) is 34.5 Å². The number of aryl methyl sites for hydroxylation is 2. The van der Waals surface area contributed by atoms with Crippen LogP contribution in [0.1, 0.15) is 43.1 Å². The number of hydrogen-bond acceptors (Lipinski definition) is 21. The molecule has 0 radical (unpaired) electrons. The fraction of sp³-hybridized carbons (Fsp3) is 0.136. The van der Waals surface area contributed by atoms with E-state index in [4.69, 9.17) is 89.8 Å². The van der Waals surface area contributed by atoms with Gasteiger partial charge in [0.05, 0.1) is 41.8 Å². The van der Waals surface area contributed by atoms with Crippen molar-refractivity contribution >= 4 is 201 Å². The van der Waals surface area contributed by atoms with Gasteiger partial charge in [0.2, 0.25) is 0 Å². The number of benzene rings is 4. The molecule has 5 heterocycles. The zero-order valence-corrected chi connectivity index (χ0v) is 66.9. The first kappa shape index (κ1) is 90.6. The number of oxime groups is 2. The Hall–Kier alpha value is -5.36. The van der Waals surface area contributed by atoms with Gasteiger partial charge in [-0.1, -0.05) is 171 Å². The number of nitrogens with two attached hydrogens (primary N) is 2. The van der Waals surface area contributed by atoms with E-state index in [0.29, 0.717) is 63.7 Å². The number of aldehydes is 2. The van der Waals surface area contributed by atoms with E-state index >= 15 is 0 Å². The van der Waals surface area contributed by atoms with Crippen LogP contribution in [0.4, 0.5) is 11.6 Å². The van der Waals surface area contributed by atoms with Crippen molar-refractivity contribution in [2.75, 3.05) is 44.5 Å². The molecule has 0 aliphatic rings. The second-order valence-corrected chi connectivity index (χ2v) is 28.2. The summed E-state index contributed by atoms with van der Waals surface area (Å²) >= 11 is 45.2. The van der Waals surface area contributed by atoms with Crippen LogP contribution in [0.25, 0.3) is 0 Å². The summed E-state index contributed by atoms with van der Waals surface area (Å²) in [6, 6.07) is 37.6. The standard InChI is InChI=1S/C12H12ClN3O3S.C8H7BrClNO.C8H8ClNO.C7H4BrClO.C7H5ClO.C6H8N2O2S.C5H4BrClN2O.C5H5BrN2.CH4O2S.Na/c1-16-12(17)8(6-11(13)15-16)5-9-3-4-10(7-14-9)20(2,18)19;1-12-11-5-6-7(9)3-2-4-8(6)10;1-11-10-6-7-4-2-3-5-8(7)9;8-6-2-1-3-7(9)5(6)4-10;8-7-4-2-1-3-6(7)5-9;1-11(9,10)5-2-3-6(7)8-4-5;1-9-5(10)3(6)2-4(7)8-9;6-4-1-2-5(7)8-3-4;1-4(2)3;/h3-4,6-7H,5H2,1-2H3;2-5H,1H3;2-6H,1H3;1-4H;1-5H;2-4H,1H3,(H2,7,8);2H,1H3;1-3H,(H2,7,8);1H3,(H,2,3);/q;;;;;;;;;+1/p-1. The van der Waals surface area contributed by atoms with E-state index in [1.165, 1.54) is 68.7 Å². The van der Waals surface area contributed by atoms with E-state index < -0.39 is 30.8 Å². The third-order valence-electron chi connectivity index (χ3n) is 10.3. The smallest absolute Gasteiger partial charge is 0.773 e. The van der Waals surface area contributed by atoms with Crippen molar-refractivity contribution in [2.24, 2.45) is 24.4 Å². The largest absolute Gasteiger partial charge is 1.00 e. The van der Waals surface area contributed by atoms with Gasteiger partial charge in [0, 0.05) is 104 Å². The molecule has 0 bridgehead atoms. The maximum Gasteiger partial charge on any atom is 1.00 e. The third-order valence-corrected chi connectivity index (χ3v) is 16.6. The van der Waals surface area contributed by atoms with Crippen molar-refractivity contribution in [3.63, 3.8) is 0 Å². The SMILES string of the molecule is CON=Cc1c(Cl)cccc1Br.CON=Cc1ccccc1Cl.CS(=O)(=O)c1ccc(N)nc1.CS(=O)[O-].Cn1nc(Cl)cc(Br)c1=O.Cn1nc(Cl)cc(Cc2ccc(S(C)(=O)=O)cn2)c1=O.Nc1ccc(Br)cn1.O=Cc1c(Cl)cccc1Br.O=Cc1ccccc1Cl.[Na+]. The molecule has 5 aromatic heterocycles. The molecule has 1 atom stereocenters. The number of anilines is 2. The Morgan fingerprint density at radius 1 is 0.562 bits per heavy atom. The first-order chi connectivity index (χ1) is 44.6. The average Bonchev–Trinajstić information content (AvgIpc) is 0.892. The number of carbonyl (C=O) groups is 2. The van der Waals surface area contributed by atoms with Crippen LogP contribution < -0.4 is 52.1 Å². The fourth-order valence-corrected chi connectivity index (χ4v) is 10.2. The van der Waals surface area contributed by atoms with Crippen LogP contribution in [-0.2, 0) is 60.9 Å². The van der Waals surface area contributed by atoms with Gasteiger partial charge in [0.25, 0.3) is 11.1 Å². The number of hydrogen-bond donors (Lipinski definition) is 2. The molecular weight excluding hydrogens is 1710 g/mol. The van der Waals surface area contributed by atoms with E-state index in [1.807, 2.05) is 36.4 Å². The predicted octanol–water partition coefficient (Wildman–Crippen LogP) is 10.5. The molecule has 0 fully saturated rings. The van der Waals surface area contributed by atoms with E-state index in [9.17, 15) is 36.0 Å². The van der Waals surface area contributed by atoms with E-state index in [-0.39, 0.29) is 62.0 Å². The minimum absolute atomic E-state index is 0. The molecular formula is C59H56Br4Cl6N11NaO12S3. The Labute approximate surface area is 642 Å². The molecule has 4 N–H and O–H groups in total. The first-order valence-electron chi connectivity index (χ1n) is 25.6. The molecule has 9 rings (SSSR count). The van der Waals surface area contributed by atoms with Crippen LogP contribution >= 0.6 is 133 Å². The van der Waals surface area contributed by atoms with Gasteiger partial charge < -0.3 is 25.7 Å². The molecule has 0 aliphatic carbocycles. The summed E-state index contributed by atoms with van der Waals surface area (Å²) < 4.78 is 67.7. The minimum atomic E-state index is -3.27. The Morgan fingerprint density at radius 2 is 0.990 bits per heavy atom. The molecule has 1 unspecified atom stereocenters. The zero-order valence-electron chi connectivity index (χ0n) is 51.5. The Morgan fingerprint density at radius 3 is 1.36 bits per heavy atom. The molecule has 0 amide bonds. The quantitative estimate of drug-likeness (QED) is 0.0422. The van der Waals surface area contributed by atoms with Gasteiger partial charge in [-0.15, -0.1) is 0 Å². The van der Waals surface area contributed by atoms with Crippen molar-refractivity contribution in [3.8, 4) is 0 Å². The second-order valence-electron chi connectivity index (χ2n) is 17.5. The van der Waals surface area contributed by atoms with Gasteiger partial charge in [-0.25, -0.2) is 36.2 Å². The first-order valence-corrected chi connectivity index (χ1v) is 36.3. The van der Waals surface area contributed by atoms with E-state index in [0.717, 1.165) is 60.6 Å². The zero-order chi connectivity index (χ0) is 72.0. The van der Waals surface area contributed by atoms with Gasteiger partial charge in [-0.3, -0.25) is 28.4 Å². The number of carbonyl (C=O) groups excluding carboxylic acids is 2. The van der Waals surface area contributed by atoms with Gasteiger partial charge in [-0.05, 0) is 123 Å². The average molecular weight is 1760 g/mol. The van der Waals surface area contributed by atoms with Crippen molar-refractivity contribution in [3.05, 3.63) is 255 Å². The van der Waals surface area contributed by atoms with Crippen LogP contribution in [0.3, 0.4) is 0 Å². The van der Waals surface area contributed by atoms with Crippen LogP contribution in [0.15, 0.2) is 200 Å². The number of nitrogen functional groups attached to an aromatic ring is 2. The Bertz CT molecular complexity index is 4280. The minimum Gasteiger partial charge on any atom is -0.773 e. The number of nitrogens with zero attached hydrogens (tertiary/aromatic N) is 9. The topological polar surface area (TPSA) is 346 Å². The Balaban J connectivity index is 0.00000108. The molecule has 4 aromatic carbocycles. The third kappa shape index (κ3) is 37.6. The fourth-order valence-electron chi connectivity index (χ4n) is 5.85. The number of sulfone groups is 2. The van der Waals surface area contributed by atoms with Crippen LogP contribution in [0.5, 0.6) is 0 Å². The van der Waals surface area contributed by atoms with E-state index in [1.54, 1.807) is 92.4 Å². The number of aromatic nitrogens is 7. The number of pyridine rings is 3. The summed E-state index contributed by atoms with van der Waals surface area (Å²) in [5.74, 6) is 0.866. The molecule has 0 saturated carbocycles. The molecule has 0 saturated heterocycles. The molecule has 96 heavy (non-hydrogen) atoms. The summed E-state index contributed by atoms with van der Waals surface area (Å²) in [5, 5.41) is 17.5. The molecule has 37 heteroatoms. The molecule has 9 aromatic rings. The van der Waals surface area contributed by atoms with Crippen molar-refractivity contribution < 1.29 is 74.4 Å². The monoisotopic (exact) mass is 1750 g/mol. The number of rotatable bonds is 10. The maximum absolute atomic E-state index is 11.9. The normalized spacial score (nSPS) is 10.5. The van der Waals surface area contributed by atoms with Crippen LogP contribution in [0.2, 0.25) is 30.4 Å². The van der Waals surface area contributed by atoms with Gasteiger partial charge in [0.1, 0.15) is 31.0 Å². The maximum atomic E-state index is 11.9. The molecule has 508 valence electrons. The summed E-state index contributed by atoms with van der Waals surface area (Å²) in [5.41, 5.74) is 13.9. The van der Waals surface area contributed by atoms with Gasteiger partial charge in [-0.2, -0.15) is 10.2 Å². The van der Waals surface area contributed by atoms with Crippen molar-refractivity contribution in [2.45, 2.75) is 16.2 Å². The predicted molar refractivity (Wildman–Crippen MR) is 391 cm³/mol. The molecule has 0 spiro atoms. The summed E-state index contributed by atoms with van der Waals surface area (Å²) in [4.78, 5) is 64.2. The molecule has 0 aliphatic heterocycles. The summed E-state index contributed by atoms with van der Waals surface area (Å²) in [6.07, 6.45) is 12.4. The van der Waals surface area contributed by atoms with Crippen LogP contribution in [-0.4, -0.2) is 118 Å². The summed E-state index contributed by atoms with van der Waals surface area (Å²) in [7, 11) is -0.378. The van der Waals surface area contributed by atoms with Gasteiger partial charge in [0.15, 0.2) is 37.4 Å².